The largest absolute Gasteiger partial charge is 0.472 e. The molecule has 0 saturated heterocycles. The number of carbonyl (C=O) groups is 2. The second-order valence-corrected chi connectivity index (χ2v) is 18.4. The van der Waals surface area contributed by atoms with Crippen LogP contribution in [0.15, 0.2) is 12.2 Å². The van der Waals surface area contributed by atoms with Gasteiger partial charge in [0.25, 0.3) is 0 Å². The number of phosphoric ester groups is 1. The van der Waals surface area contributed by atoms with Crippen molar-refractivity contribution in [2.75, 3.05) is 13.2 Å². The molecule has 0 bridgehead atoms. The molecule has 60 heavy (non-hydrogen) atoms. The maximum atomic E-state index is 12.8. The van der Waals surface area contributed by atoms with Crippen LogP contribution in [0.25, 0.3) is 0 Å². The summed E-state index contributed by atoms with van der Waals surface area (Å²) in [5.41, 5.74) is 0. The lowest BCUT2D eigenvalue weighted by atomic mass is 9.85. The molecule has 0 aliphatic heterocycles. The zero-order valence-electron chi connectivity index (χ0n) is 37.5. The first-order valence-corrected chi connectivity index (χ1v) is 25.5. The average Bonchev–Trinajstić information content (AvgIpc) is 3.23. The Kier molecular flexibility index (Phi) is 34.9. The Morgan fingerprint density at radius 3 is 1.30 bits per heavy atom. The molecule has 1 rings (SSSR count). The predicted molar refractivity (Wildman–Crippen MR) is 235 cm³/mol. The lowest BCUT2D eigenvalue weighted by Gasteiger charge is -2.41. The van der Waals surface area contributed by atoms with Crippen molar-refractivity contribution < 1.29 is 63.1 Å². The highest BCUT2D eigenvalue weighted by Gasteiger charge is 2.51. The van der Waals surface area contributed by atoms with Crippen molar-refractivity contribution in [1.82, 2.24) is 0 Å². The molecule has 0 spiro atoms. The minimum Gasteiger partial charge on any atom is -0.462 e. The number of hydrogen-bond donors (Lipinski definition) is 6. The van der Waals surface area contributed by atoms with E-state index in [1.807, 2.05) is 0 Å². The summed E-state index contributed by atoms with van der Waals surface area (Å²) >= 11 is 0. The number of esters is 2. The van der Waals surface area contributed by atoms with Gasteiger partial charge in [0.15, 0.2) is 6.10 Å². The molecule has 0 heterocycles. The van der Waals surface area contributed by atoms with E-state index in [1.54, 1.807) is 0 Å². The van der Waals surface area contributed by atoms with Gasteiger partial charge in [-0.3, -0.25) is 18.6 Å². The third-order valence-electron chi connectivity index (χ3n) is 11.4. The third kappa shape index (κ3) is 29.0. The van der Waals surface area contributed by atoms with Crippen molar-refractivity contribution in [1.29, 1.82) is 0 Å². The molecular weight excluding hydrogens is 791 g/mol. The number of unbranched alkanes of at least 4 members (excludes halogenated alkanes) is 26. The van der Waals surface area contributed by atoms with Crippen LogP contribution in [0.5, 0.6) is 0 Å². The summed E-state index contributed by atoms with van der Waals surface area (Å²) in [6, 6.07) is 0. The van der Waals surface area contributed by atoms with Crippen LogP contribution in [0.4, 0.5) is 0 Å². The number of phosphoric acid groups is 1. The molecule has 0 radical (unpaired) electrons. The van der Waals surface area contributed by atoms with Crippen LogP contribution in [0.2, 0.25) is 0 Å². The van der Waals surface area contributed by atoms with Gasteiger partial charge in [0.05, 0.1) is 6.61 Å². The summed E-state index contributed by atoms with van der Waals surface area (Å²) in [6.07, 6.45) is 25.6. The van der Waals surface area contributed by atoms with Gasteiger partial charge < -0.3 is 39.9 Å². The minimum atomic E-state index is -5.11. The van der Waals surface area contributed by atoms with Crippen LogP contribution in [-0.2, 0) is 32.7 Å². The summed E-state index contributed by atoms with van der Waals surface area (Å²) in [6.45, 7) is 3.28. The van der Waals surface area contributed by atoms with E-state index in [2.05, 4.69) is 26.0 Å². The van der Waals surface area contributed by atoms with E-state index < -0.39 is 75.7 Å². The van der Waals surface area contributed by atoms with Gasteiger partial charge in [0.1, 0.15) is 43.2 Å². The minimum absolute atomic E-state index is 0.0903. The zero-order chi connectivity index (χ0) is 44.3. The van der Waals surface area contributed by atoms with Gasteiger partial charge in [-0.15, -0.1) is 0 Å². The first-order chi connectivity index (χ1) is 28.9. The molecule has 0 aromatic rings. The number of carbonyl (C=O) groups excluding carboxylic acids is 2. The Hall–Kier alpha value is -1.41. The number of aliphatic hydroxyl groups is 5. The second-order valence-electron chi connectivity index (χ2n) is 17.0. The fourth-order valence-electron chi connectivity index (χ4n) is 7.46. The van der Waals surface area contributed by atoms with Crippen molar-refractivity contribution in [2.24, 2.45) is 0 Å². The van der Waals surface area contributed by atoms with Crippen molar-refractivity contribution in [3.8, 4) is 0 Å². The van der Waals surface area contributed by atoms with Crippen LogP contribution in [0, 0.1) is 0 Å². The quantitative estimate of drug-likeness (QED) is 0.0147. The van der Waals surface area contributed by atoms with Crippen molar-refractivity contribution in [3.63, 3.8) is 0 Å². The van der Waals surface area contributed by atoms with E-state index in [1.165, 1.54) is 116 Å². The SMILES string of the molecule is CCCCC/C=C\CCCCCCCC(=O)OC(COC(=O)CCCCCCCCCCCCCCCCCCCCC)COP(=O)(O)OC1C(O)C(O)C(O)C(O)C1O. The van der Waals surface area contributed by atoms with Crippen molar-refractivity contribution in [2.45, 2.75) is 256 Å². The van der Waals surface area contributed by atoms with Gasteiger partial charge in [0, 0.05) is 12.8 Å². The Bertz CT molecular complexity index is 1110. The maximum absolute atomic E-state index is 12.8. The summed E-state index contributed by atoms with van der Waals surface area (Å²) in [7, 11) is -5.11. The molecular formula is C46H87O13P. The normalized spacial score (nSPS) is 22.2. The molecule has 1 saturated carbocycles. The smallest absolute Gasteiger partial charge is 0.462 e. The molecule has 6 N–H and O–H groups in total. The molecule has 6 unspecified atom stereocenters. The van der Waals surface area contributed by atoms with Crippen LogP contribution >= 0.6 is 7.82 Å². The summed E-state index contributed by atoms with van der Waals surface area (Å²) in [5.74, 6) is -1.10. The van der Waals surface area contributed by atoms with E-state index >= 15 is 0 Å². The fraction of sp³-hybridized carbons (Fsp3) is 0.913. The summed E-state index contributed by atoms with van der Waals surface area (Å²) < 4.78 is 33.5. The van der Waals surface area contributed by atoms with Crippen LogP contribution in [0.3, 0.4) is 0 Å². The second kappa shape index (κ2) is 37.0. The van der Waals surface area contributed by atoms with E-state index in [0.717, 1.165) is 57.8 Å². The third-order valence-corrected chi connectivity index (χ3v) is 12.3. The standard InChI is InChI=1S/C46H87O13P/c1-3-5-7-9-11-13-15-17-18-19-20-21-22-23-25-26-28-30-32-34-39(47)56-36-38(58-40(48)35-33-31-29-27-24-16-14-12-10-8-6-4-2)37-57-60(54,55)59-46-44(52)42(50)41(49)43(51)45(46)53/h12,14,38,41-46,49-53H,3-11,13,15-37H2,1-2H3,(H,54,55)/b14-12-. The fourth-order valence-corrected chi connectivity index (χ4v) is 8.43. The summed E-state index contributed by atoms with van der Waals surface area (Å²) in [5, 5.41) is 50.1. The maximum Gasteiger partial charge on any atom is 0.472 e. The summed E-state index contributed by atoms with van der Waals surface area (Å²) in [4.78, 5) is 35.7. The number of rotatable bonds is 40. The Labute approximate surface area is 363 Å². The molecule has 0 amide bonds. The molecule has 1 aliphatic rings. The Balaban J connectivity index is 2.40. The molecule has 354 valence electrons. The molecule has 1 fully saturated rings. The first-order valence-electron chi connectivity index (χ1n) is 24.0. The number of allylic oxidation sites excluding steroid dienone is 2. The highest BCUT2D eigenvalue weighted by atomic mass is 31.2. The van der Waals surface area contributed by atoms with Crippen LogP contribution in [-0.4, -0.2) is 98.3 Å². The molecule has 14 heteroatoms. The van der Waals surface area contributed by atoms with Gasteiger partial charge in [-0.25, -0.2) is 4.57 Å². The van der Waals surface area contributed by atoms with Gasteiger partial charge in [-0.05, 0) is 38.5 Å². The van der Waals surface area contributed by atoms with Crippen LogP contribution in [0.1, 0.15) is 213 Å². The lowest BCUT2D eigenvalue weighted by molar-refractivity contribution is -0.220. The number of aliphatic hydroxyl groups excluding tert-OH is 5. The van der Waals surface area contributed by atoms with E-state index in [-0.39, 0.29) is 12.8 Å². The molecule has 0 aromatic carbocycles. The van der Waals surface area contributed by atoms with E-state index in [9.17, 15) is 44.6 Å². The van der Waals surface area contributed by atoms with Crippen LogP contribution < -0.4 is 0 Å². The Morgan fingerprint density at radius 1 is 0.500 bits per heavy atom. The Morgan fingerprint density at radius 2 is 0.850 bits per heavy atom. The molecule has 13 nitrogen and oxygen atoms in total. The van der Waals surface area contributed by atoms with E-state index in [0.29, 0.717) is 12.8 Å². The van der Waals surface area contributed by atoms with E-state index in [4.69, 9.17) is 18.5 Å². The van der Waals surface area contributed by atoms with Crippen molar-refractivity contribution >= 4 is 19.8 Å². The van der Waals surface area contributed by atoms with Crippen molar-refractivity contribution in [3.05, 3.63) is 12.2 Å². The number of ether oxygens (including phenoxy) is 2. The van der Waals surface area contributed by atoms with Gasteiger partial charge in [-0.2, -0.15) is 0 Å². The average molecular weight is 879 g/mol. The van der Waals surface area contributed by atoms with Gasteiger partial charge >= 0.3 is 19.8 Å². The lowest BCUT2D eigenvalue weighted by Crippen LogP contribution is -2.64. The topological polar surface area (TPSA) is 210 Å². The molecule has 6 atom stereocenters. The predicted octanol–water partition coefficient (Wildman–Crippen LogP) is 9.45. The highest BCUT2D eigenvalue weighted by molar-refractivity contribution is 7.47. The molecule has 1 aliphatic carbocycles. The van der Waals surface area contributed by atoms with Gasteiger partial charge in [0.2, 0.25) is 0 Å². The highest BCUT2D eigenvalue weighted by Crippen LogP contribution is 2.47. The monoisotopic (exact) mass is 879 g/mol. The zero-order valence-corrected chi connectivity index (χ0v) is 38.4. The van der Waals surface area contributed by atoms with Gasteiger partial charge in [-0.1, -0.05) is 174 Å². The first kappa shape index (κ1) is 56.6. The molecule has 0 aromatic heterocycles. The number of hydrogen-bond acceptors (Lipinski definition) is 12.